The Balaban J connectivity index is 2.05. The fourth-order valence-corrected chi connectivity index (χ4v) is 2.92. The van der Waals surface area contributed by atoms with Gasteiger partial charge in [0, 0.05) is 19.7 Å². The highest BCUT2D eigenvalue weighted by molar-refractivity contribution is 7.18. The van der Waals surface area contributed by atoms with E-state index in [-0.39, 0.29) is 0 Å². The van der Waals surface area contributed by atoms with E-state index < -0.39 is 0 Å². The van der Waals surface area contributed by atoms with Crippen LogP contribution in [0, 0.1) is 0 Å². The number of benzene rings is 1. The normalized spacial score (nSPS) is 20.3. The SMILES string of the molecule is CN1N=CCC1c1nc2ccccc2s1. The first-order chi connectivity index (χ1) is 7.34. The van der Waals surface area contributed by atoms with Crippen molar-refractivity contribution in [2.75, 3.05) is 7.05 Å². The number of hydrogen-bond acceptors (Lipinski definition) is 4. The van der Waals surface area contributed by atoms with Crippen molar-refractivity contribution in [3.63, 3.8) is 0 Å². The van der Waals surface area contributed by atoms with Gasteiger partial charge in [-0.25, -0.2) is 4.98 Å². The minimum atomic E-state index is 0.336. The highest BCUT2D eigenvalue weighted by atomic mass is 32.1. The van der Waals surface area contributed by atoms with Gasteiger partial charge in [-0.1, -0.05) is 12.1 Å². The third-order valence-corrected chi connectivity index (χ3v) is 3.78. The van der Waals surface area contributed by atoms with Gasteiger partial charge in [0.05, 0.1) is 10.2 Å². The molecular weight excluding hydrogens is 206 g/mol. The van der Waals surface area contributed by atoms with Crippen LogP contribution in [0.1, 0.15) is 17.5 Å². The van der Waals surface area contributed by atoms with Gasteiger partial charge in [-0.05, 0) is 12.1 Å². The minimum absolute atomic E-state index is 0.336. The first kappa shape index (κ1) is 8.85. The molecule has 3 rings (SSSR count). The molecule has 1 aromatic heterocycles. The molecule has 0 N–H and O–H groups in total. The maximum Gasteiger partial charge on any atom is 0.118 e. The Labute approximate surface area is 92.1 Å². The summed E-state index contributed by atoms with van der Waals surface area (Å²) < 4.78 is 1.26. The number of hydrazone groups is 1. The number of thiazole rings is 1. The van der Waals surface area contributed by atoms with Gasteiger partial charge >= 0.3 is 0 Å². The summed E-state index contributed by atoms with van der Waals surface area (Å²) in [5, 5.41) is 7.39. The molecule has 0 amide bonds. The lowest BCUT2D eigenvalue weighted by Gasteiger charge is -2.15. The quantitative estimate of drug-likeness (QED) is 0.734. The first-order valence-electron chi connectivity index (χ1n) is 4.95. The van der Waals surface area contributed by atoms with E-state index in [9.17, 15) is 0 Å². The molecule has 76 valence electrons. The van der Waals surface area contributed by atoms with Crippen molar-refractivity contribution in [3.05, 3.63) is 29.3 Å². The van der Waals surface area contributed by atoms with Crippen LogP contribution in [0.25, 0.3) is 10.2 Å². The summed E-state index contributed by atoms with van der Waals surface area (Å²) >= 11 is 1.77. The zero-order chi connectivity index (χ0) is 10.3. The van der Waals surface area contributed by atoms with Crippen LogP contribution in [0.4, 0.5) is 0 Å². The topological polar surface area (TPSA) is 28.5 Å². The Kier molecular flexibility index (Phi) is 1.95. The van der Waals surface area contributed by atoms with E-state index in [4.69, 9.17) is 0 Å². The molecule has 15 heavy (non-hydrogen) atoms. The lowest BCUT2D eigenvalue weighted by molar-refractivity contribution is 0.289. The van der Waals surface area contributed by atoms with Crippen LogP contribution in [0.5, 0.6) is 0 Å². The molecule has 0 saturated heterocycles. The van der Waals surface area contributed by atoms with Crippen LogP contribution in [0.15, 0.2) is 29.4 Å². The molecule has 1 atom stereocenters. The second-order valence-electron chi connectivity index (χ2n) is 3.64. The zero-order valence-electron chi connectivity index (χ0n) is 8.42. The van der Waals surface area contributed by atoms with E-state index >= 15 is 0 Å². The van der Waals surface area contributed by atoms with Crippen molar-refractivity contribution in [1.29, 1.82) is 0 Å². The predicted octanol–water partition coefficient (Wildman–Crippen LogP) is 2.66. The standard InChI is InChI=1S/C11H11N3S/c1-14-9(6-7-12-14)11-13-8-4-2-3-5-10(8)15-11/h2-5,7,9H,6H2,1H3. The lowest BCUT2D eigenvalue weighted by atomic mass is 10.2. The van der Waals surface area contributed by atoms with Gasteiger partial charge in [-0.15, -0.1) is 11.3 Å². The second kappa shape index (κ2) is 3.31. The Morgan fingerprint density at radius 1 is 1.40 bits per heavy atom. The Morgan fingerprint density at radius 3 is 3.00 bits per heavy atom. The third-order valence-electron chi connectivity index (χ3n) is 2.64. The van der Waals surface area contributed by atoms with E-state index in [1.807, 2.05) is 24.3 Å². The van der Waals surface area contributed by atoms with Gasteiger partial charge in [-0.3, -0.25) is 5.01 Å². The molecule has 0 saturated carbocycles. The number of fused-ring (bicyclic) bond motifs is 1. The van der Waals surface area contributed by atoms with Gasteiger partial charge in [0.1, 0.15) is 11.0 Å². The summed E-state index contributed by atoms with van der Waals surface area (Å²) in [5.74, 6) is 0. The highest BCUT2D eigenvalue weighted by Gasteiger charge is 2.22. The molecule has 4 heteroatoms. The summed E-state index contributed by atoms with van der Waals surface area (Å²) in [5.41, 5.74) is 1.10. The Morgan fingerprint density at radius 2 is 2.27 bits per heavy atom. The molecule has 2 aromatic rings. The molecule has 0 radical (unpaired) electrons. The molecule has 1 aromatic carbocycles. The molecule has 3 nitrogen and oxygen atoms in total. The van der Waals surface area contributed by atoms with Crippen LogP contribution in [-0.2, 0) is 0 Å². The van der Waals surface area contributed by atoms with Gasteiger partial charge in [0.15, 0.2) is 0 Å². The summed E-state index contributed by atoms with van der Waals surface area (Å²) in [7, 11) is 2.00. The minimum Gasteiger partial charge on any atom is -0.290 e. The molecule has 0 spiro atoms. The molecule has 0 fully saturated rings. The summed E-state index contributed by atoms with van der Waals surface area (Å²) in [6.45, 7) is 0. The fraction of sp³-hybridized carbons (Fsp3) is 0.273. The van der Waals surface area contributed by atoms with E-state index in [1.165, 1.54) is 4.70 Å². The van der Waals surface area contributed by atoms with Crippen LogP contribution < -0.4 is 0 Å². The zero-order valence-corrected chi connectivity index (χ0v) is 9.24. The van der Waals surface area contributed by atoms with Crippen LogP contribution in [0.2, 0.25) is 0 Å². The lowest BCUT2D eigenvalue weighted by Crippen LogP contribution is -2.13. The molecular formula is C11H11N3S. The van der Waals surface area contributed by atoms with Gasteiger partial charge in [-0.2, -0.15) is 5.10 Å². The van der Waals surface area contributed by atoms with E-state index in [1.54, 1.807) is 11.3 Å². The third kappa shape index (κ3) is 1.41. The number of para-hydroxylation sites is 1. The Hall–Kier alpha value is -1.42. The average molecular weight is 217 g/mol. The predicted molar refractivity (Wildman–Crippen MR) is 63.2 cm³/mol. The molecule has 1 aliphatic heterocycles. The highest BCUT2D eigenvalue weighted by Crippen LogP contribution is 2.32. The number of nitrogens with zero attached hydrogens (tertiary/aromatic N) is 3. The van der Waals surface area contributed by atoms with Crippen molar-refractivity contribution >= 4 is 27.8 Å². The largest absolute Gasteiger partial charge is 0.290 e. The number of aromatic nitrogens is 1. The van der Waals surface area contributed by atoms with Crippen molar-refractivity contribution in [2.24, 2.45) is 5.10 Å². The number of hydrogen-bond donors (Lipinski definition) is 0. The molecule has 0 bridgehead atoms. The molecule has 2 heterocycles. The van der Waals surface area contributed by atoms with Crippen molar-refractivity contribution in [2.45, 2.75) is 12.5 Å². The summed E-state index contributed by atoms with van der Waals surface area (Å²) in [6.07, 6.45) is 2.92. The smallest absolute Gasteiger partial charge is 0.118 e. The van der Waals surface area contributed by atoms with Crippen molar-refractivity contribution in [1.82, 2.24) is 9.99 Å². The maximum atomic E-state index is 4.64. The summed E-state index contributed by atoms with van der Waals surface area (Å²) in [4.78, 5) is 4.64. The van der Waals surface area contributed by atoms with E-state index in [0.717, 1.165) is 16.9 Å². The Bertz CT molecular complexity index is 484. The molecule has 1 unspecified atom stereocenters. The molecule has 0 aliphatic carbocycles. The second-order valence-corrected chi connectivity index (χ2v) is 4.71. The summed E-state index contributed by atoms with van der Waals surface area (Å²) in [6, 6.07) is 8.60. The fourth-order valence-electron chi connectivity index (χ4n) is 1.80. The van der Waals surface area contributed by atoms with E-state index in [0.29, 0.717) is 6.04 Å². The van der Waals surface area contributed by atoms with Gasteiger partial charge < -0.3 is 0 Å². The first-order valence-corrected chi connectivity index (χ1v) is 5.77. The average Bonchev–Trinajstić information content (AvgIpc) is 2.82. The van der Waals surface area contributed by atoms with E-state index in [2.05, 4.69) is 28.3 Å². The molecule has 1 aliphatic rings. The maximum absolute atomic E-state index is 4.64. The van der Waals surface area contributed by atoms with Crippen LogP contribution in [0.3, 0.4) is 0 Å². The van der Waals surface area contributed by atoms with Crippen LogP contribution in [-0.4, -0.2) is 23.3 Å². The number of rotatable bonds is 1. The van der Waals surface area contributed by atoms with Crippen molar-refractivity contribution in [3.8, 4) is 0 Å². The monoisotopic (exact) mass is 217 g/mol. The van der Waals surface area contributed by atoms with Gasteiger partial charge in [0.25, 0.3) is 0 Å². The van der Waals surface area contributed by atoms with Crippen LogP contribution >= 0.6 is 11.3 Å². The van der Waals surface area contributed by atoms with Crippen molar-refractivity contribution < 1.29 is 0 Å². The van der Waals surface area contributed by atoms with Gasteiger partial charge in [0.2, 0.25) is 0 Å².